The summed E-state index contributed by atoms with van der Waals surface area (Å²) in [7, 11) is 0. The van der Waals surface area contributed by atoms with Crippen molar-refractivity contribution < 1.29 is 14.3 Å². The fraction of sp³-hybridized carbons (Fsp3) is 0.545. The highest BCUT2D eigenvalue weighted by atomic mass is 16.5. The second kappa shape index (κ2) is 5.82. The highest BCUT2D eigenvalue weighted by Crippen LogP contribution is 2.59. The molecule has 2 saturated carbocycles. The third kappa shape index (κ3) is 2.56. The Morgan fingerprint density at radius 2 is 2.04 bits per heavy atom. The lowest BCUT2D eigenvalue weighted by Gasteiger charge is -2.48. The molecule has 4 atom stereocenters. The minimum absolute atomic E-state index is 0.0738. The normalized spacial score (nSPS) is 33.2. The molecule has 0 amide bonds. The molecule has 0 spiro atoms. The number of carbonyl (C=O) groups excluding carboxylic acids is 2. The number of rotatable bonds is 2. The zero-order valence-corrected chi connectivity index (χ0v) is 15.1. The van der Waals surface area contributed by atoms with Gasteiger partial charge in [-0.05, 0) is 80.0 Å². The minimum atomic E-state index is -0.369. The van der Waals surface area contributed by atoms with Crippen molar-refractivity contribution in [1.29, 1.82) is 0 Å². The average Bonchev–Trinajstić information content (AvgIpc) is 2.89. The van der Waals surface area contributed by atoms with Crippen molar-refractivity contribution in [3.8, 4) is 5.75 Å². The first-order chi connectivity index (χ1) is 11.9. The molecule has 1 aromatic rings. The third-order valence-electron chi connectivity index (χ3n) is 6.97. The van der Waals surface area contributed by atoms with Crippen molar-refractivity contribution in [2.45, 2.75) is 58.3 Å². The van der Waals surface area contributed by atoms with Crippen LogP contribution >= 0.6 is 0 Å². The first kappa shape index (κ1) is 16.6. The van der Waals surface area contributed by atoms with Gasteiger partial charge in [0.1, 0.15) is 11.5 Å². The number of ketones is 1. The molecule has 2 fully saturated rings. The van der Waals surface area contributed by atoms with Crippen LogP contribution in [-0.2, 0) is 16.0 Å². The van der Waals surface area contributed by atoms with Crippen LogP contribution in [0, 0.1) is 17.3 Å². The van der Waals surface area contributed by atoms with Gasteiger partial charge in [-0.3, -0.25) is 4.79 Å². The van der Waals surface area contributed by atoms with Crippen LogP contribution in [0.2, 0.25) is 0 Å². The Bertz CT molecular complexity index is 763. The molecule has 0 aromatic heterocycles. The van der Waals surface area contributed by atoms with Gasteiger partial charge in [-0.25, -0.2) is 4.79 Å². The summed E-state index contributed by atoms with van der Waals surface area (Å²) in [5, 5.41) is 0. The topological polar surface area (TPSA) is 43.4 Å². The molecule has 0 aliphatic heterocycles. The summed E-state index contributed by atoms with van der Waals surface area (Å²) in [5.74, 6) is 2.46. The molecule has 3 aliphatic rings. The summed E-state index contributed by atoms with van der Waals surface area (Å²) in [6.45, 7) is 7.50. The van der Waals surface area contributed by atoms with Gasteiger partial charge in [0.05, 0.1) is 0 Å². The summed E-state index contributed by atoms with van der Waals surface area (Å²) in [6, 6.07) is 6.09. The van der Waals surface area contributed by atoms with E-state index in [9.17, 15) is 9.59 Å². The standard InChI is InChI=1S/C22H26O3/c1-13(2)21(24)25-15-5-7-16-14(12-15)4-6-18-17(16)10-11-22(3)19(18)8-9-20(22)23/h5,7,12,17-19H,1,4,6,8-11H2,2-3H3/t17-,18-,19+,22+/m1/s1. The van der Waals surface area contributed by atoms with Gasteiger partial charge in [-0.2, -0.15) is 0 Å². The Labute approximate surface area is 149 Å². The number of fused-ring (bicyclic) bond motifs is 5. The van der Waals surface area contributed by atoms with Crippen molar-refractivity contribution in [1.82, 2.24) is 0 Å². The fourth-order valence-electron chi connectivity index (χ4n) is 5.59. The smallest absolute Gasteiger partial charge is 0.338 e. The molecule has 1 aromatic carbocycles. The number of carbonyl (C=O) groups is 2. The van der Waals surface area contributed by atoms with Crippen molar-refractivity contribution in [2.24, 2.45) is 17.3 Å². The van der Waals surface area contributed by atoms with Gasteiger partial charge in [0, 0.05) is 17.4 Å². The second-order valence-electron chi connectivity index (χ2n) is 8.36. The molecule has 132 valence electrons. The predicted octanol–water partition coefficient (Wildman–Crippen LogP) is 4.59. The number of benzene rings is 1. The average molecular weight is 338 g/mol. The fourth-order valence-corrected chi connectivity index (χ4v) is 5.59. The molecule has 0 bridgehead atoms. The number of esters is 1. The molecular weight excluding hydrogens is 312 g/mol. The number of Topliss-reactive ketones (excluding diaryl/α,β-unsaturated/α-hetero) is 1. The van der Waals surface area contributed by atoms with Crippen LogP contribution in [0.15, 0.2) is 30.4 Å². The van der Waals surface area contributed by atoms with Crippen molar-refractivity contribution >= 4 is 11.8 Å². The van der Waals surface area contributed by atoms with Gasteiger partial charge in [-0.1, -0.05) is 19.6 Å². The number of ether oxygens (including phenoxy) is 1. The summed E-state index contributed by atoms with van der Waals surface area (Å²) in [6.07, 6.45) is 6.11. The summed E-state index contributed by atoms with van der Waals surface area (Å²) >= 11 is 0. The second-order valence-corrected chi connectivity index (χ2v) is 8.36. The van der Waals surface area contributed by atoms with Crippen LogP contribution in [0.3, 0.4) is 0 Å². The lowest BCUT2D eigenvalue weighted by Crippen LogP contribution is -2.42. The molecule has 4 rings (SSSR count). The first-order valence-electron chi connectivity index (χ1n) is 9.44. The van der Waals surface area contributed by atoms with E-state index in [2.05, 4.69) is 19.6 Å². The largest absolute Gasteiger partial charge is 0.423 e. The van der Waals surface area contributed by atoms with E-state index >= 15 is 0 Å². The third-order valence-corrected chi connectivity index (χ3v) is 6.97. The Morgan fingerprint density at radius 1 is 1.24 bits per heavy atom. The molecule has 3 aliphatic carbocycles. The predicted molar refractivity (Wildman–Crippen MR) is 96.5 cm³/mol. The molecule has 0 N–H and O–H groups in total. The Balaban J connectivity index is 1.60. The van der Waals surface area contributed by atoms with E-state index in [0.29, 0.717) is 34.9 Å². The van der Waals surface area contributed by atoms with E-state index in [-0.39, 0.29) is 11.4 Å². The number of hydrogen-bond donors (Lipinski definition) is 0. The highest BCUT2D eigenvalue weighted by molar-refractivity contribution is 5.89. The number of hydrogen-bond acceptors (Lipinski definition) is 3. The van der Waals surface area contributed by atoms with E-state index in [1.54, 1.807) is 6.92 Å². The maximum Gasteiger partial charge on any atom is 0.338 e. The van der Waals surface area contributed by atoms with Crippen molar-refractivity contribution in [2.75, 3.05) is 0 Å². The van der Waals surface area contributed by atoms with Crippen molar-refractivity contribution in [3.05, 3.63) is 41.5 Å². The zero-order valence-electron chi connectivity index (χ0n) is 15.1. The maximum absolute atomic E-state index is 12.4. The van der Waals surface area contributed by atoms with Gasteiger partial charge in [0.25, 0.3) is 0 Å². The van der Waals surface area contributed by atoms with E-state index in [4.69, 9.17) is 4.74 Å². The Kier molecular flexibility index (Phi) is 3.86. The first-order valence-corrected chi connectivity index (χ1v) is 9.44. The van der Waals surface area contributed by atoms with Crippen LogP contribution < -0.4 is 4.74 Å². The SMILES string of the molecule is C=C(C)C(=O)Oc1ccc2c(c1)CC[C@@H]1[C@@H]2CC[C@]2(C)C(=O)CC[C@@H]12. The van der Waals surface area contributed by atoms with Gasteiger partial charge >= 0.3 is 5.97 Å². The molecule has 0 saturated heterocycles. The lowest BCUT2D eigenvalue weighted by atomic mass is 9.55. The van der Waals surface area contributed by atoms with Gasteiger partial charge in [0.15, 0.2) is 0 Å². The minimum Gasteiger partial charge on any atom is -0.423 e. The number of aryl methyl sites for hydroxylation is 1. The lowest BCUT2D eigenvalue weighted by molar-refractivity contribution is -0.130. The van der Waals surface area contributed by atoms with Crippen LogP contribution in [0.1, 0.15) is 63.0 Å². The van der Waals surface area contributed by atoms with Crippen LogP contribution in [0.25, 0.3) is 0 Å². The monoisotopic (exact) mass is 338 g/mol. The molecule has 3 heteroatoms. The summed E-state index contributed by atoms with van der Waals surface area (Å²) in [4.78, 5) is 24.1. The molecule has 0 heterocycles. The van der Waals surface area contributed by atoms with E-state index < -0.39 is 0 Å². The van der Waals surface area contributed by atoms with E-state index in [0.717, 1.165) is 38.5 Å². The Hall–Kier alpha value is -1.90. The Morgan fingerprint density at radius 3 is 2.80 bits per heavy atom. The van der Waals surface area contributed by atoms with E-state index in [1.807, 2.05) is 12.1 Å². The van der Waals surface area contributed by atoms with Gasteiger partial charge < -0.3 is 4.74 Å². The zero-order chi connectivity index (χ0) is 17.8. The maximum atomic E-state index is 12.4. The van der Waals surface area contributed by atoms with Crippen LogP contribution in [0.4, 0.5) is 0 Å². The quantitative estimate of drug-likeness (QED) is 0.450. The molecule has 0 unspecified atom stereocenters. The molecule has 0 radical (unpaired) electrons. The van der Waals surface area contributed by atoms with Crippen LogP contribution in [0.5, 0.6) is 5.75 Å². The summed E-state index contributed by atoms with van der Waals surface area (Å²) in [5.41, 5.74) is 3.06. The highest BCUT2D eigenvalue weighted by Gasteiger charge is 2.54. The molecule has 25 heavy (non-hydrogen) atoms. The summed E-state index contributed by atoms with van der Waals surface area (Å²) < 4.78 is 5.39. The molecular formula is C22H26O3. The molecule has 3 nitrogen and oxygen atoms in total. The van der Waals surface area contributed by atoms with Gasteiger partial charge in [0.2, 0.25) is 0 Å². The van der Waals surface area contributed by atoms with E-state index in [1.165, 1.54) is 11.1 Å². The van der Waals surface area contributed by atoms with Crippen molar-refractivity contribution in [3.63, 3.8) is 0 Å². The van der Waals surface area contributed by atoms with Crippen LogP contribution in [-0.4, -0.2) is 11.8 Å². The van der Waals surface area contributed by atoms with Gasteiger partial charge in [-0.15, -0.1) is 0 Å².